The van der Waals surface area contributed by atoms with Crippen molar-refractivity contribution in [2.45, 2.75) is 13.5 Å². The lowest BCUT2D eigenvalue weighted by Gasteiger charge is -2.16. The number of carbonyl (C=O) groups is 1. The van der Waals surface area contributed by atoms with Crippen LogP contribution < -0.4 is 0 Å². The summed E-state index contributed by atoms with van der Waals surface area (Å²) in [6.45, 7) is 2.01. The van der Waals surface area contributed by atoms with Crippen molar-refractivity contribution < 1.29 is 18.0 Å². The van der Waals surface area contributed by atoms with Gasteiger partial charge in [-0.2, -0.15) is 9.50 Å². The molecule has 0 N–H and O–H groups in total. The highest BCUT2D eigenvalue weighted by Gasteiger charge is 2.24. The summed E-state index contributed by atoms with van der Waals surface area (Å²) in [5.41, 5.74) is 1.94. The predicted molar refractivity (Wildman–Crippen MR) is 97.6 cm³/mol. The predicted octanol–water partition coefficient (Wildman–Crippen LogP) is 3.85. The summed E-state index contributed by atoms with van der Waals surface area (Å²) in [5.74, 6) is -0.331. The molecule has 0 aliphatic heterocycles. The number of oxazole rings is 1. The molecular formula is C20H16F2N4O2. The summed E-state index contributed by atoms with van der Waals surface area (Å²) in [7, 11) is 1.63. The van der Waals surface area contributed by atoms with Gasteiger partial charge in [0.1, 0.15) is 11.6 Å². The molecule has 0 aliphatic carbocycles. The lowest BCUT2D eigenvalue weighted by atomic mass is 10.2. The Balaban J connectivity index is 1.59. The Morgan fingerprint density at radius 3 is 2.29 bits per heavy atom. The van der Waals surface area contributed by atoms with Crippen LogP contribution in [0.1, 0.15) is 21.8 Å². The first-order chi connectivity index (χ1) is 13.4. The van der Waals surface area contributed by atoms with Gasteiger partial charge in [-0.3, -0.25) is 4.79 Å². The fourth-order valence-corrected chi connectivity index (χ4v) is 2.87. The van der Waals surface area contributed by atoms with E-state index in [1.165, 1.54) is 33.7 Å². The lowest BCUT2D eigenvalue weighted by molar-refractivity contribution is 0.0754. The molecule has 0 radical (unpaired) electrons. The number of fused-ring (bicyclic) bond motifs is 1. The van der Waals surface area contributed by atoms with Crippen molar-refractivity contribution in [2.24, 2.45) is 0 Å². The van der Waals surface area contributed by atoms with Crippen molar-refractivity contribution in [3.8, 4) is 11.4 Å². The van der Waals surface area contributed by atoms with Crippen molar-refractivity contribution in [1.29, 1.82) is 0 Å². The molecule has 2 aromatic carbocycles. The van der Waals surface area contributed by atoms with Crippen molar-refractivity contribution in [1.82, 2.24) is 19.5 Å². The molecule has 0 atom stereocenters. The average Bonchev–Trinajstić information content (AvgIpc) is 3.23. The summed E-state index contributed by atoms with van der Waals surface area (Å²) in [6.07, 6.45) is 0. The molecule has 4 rings (SSSR count). The van der Waals surface area contributed by atoms with Gasteiger partial charge in [0, 0.05) is 19.2 Å². The number of benzene rings is 2. The summed E-state index contributed by atoms with van der Waals surface area (Å²) >= 11 is 0. The van der Waals surface area contributed by atoms with Gasteiger partial charge in [0.15, 0.2) is 5.82 Å². The van der Waals surface area contributed by atoms with E-state index in [-0.39, 0.29) is 29.1 Å². The van der Waals surface area contributed by atoms with Crippen LogP contribution in [0.4, 0.5) is 8.78 Å². The molecule has 4 aromatic rings. The third-order valence-electron chi connectivity index (χ3n) is 4.39. The maximum absolute atomic E-state index is 13.1. The Morgan fingerprint density at radius 1 is 1.07 bits per heavy atom. The molecular weight excluding hydrogens is 366 g/mol. The van der Waals surface area contributed by atoms with E-state index in [2.05, 4.69) is 10.1 Å². The highest BCUT2D eigenvalue weighted by molar-refractivity contribution is 5.92. The Morgan fingerprint density at radius 2 is 1.68 bits per heavy atom. The molecule has 6 nitrogen and oxygen atoms in total. The third-order valence-corrected chi connectivity index (χ3v) is 4.39. The minimum absolute atomic E-state index is 0.130. The minimum atomic E-state index is -0.347. The molecule has 0 fully saturated rings. The van der Waals surface area contributed by atoms with Crippen molar-refractivity contribution in [3.63, 3.8) is 0 Å². The molecule has 0 saturated carbocycles. The number of carbonyl (C=O) groups excluding carboxylic acids is 1. The van der Waals surface area contributed by atoms with Gasteiger partial charge in [-0.1, -0.05) is 12.1 Å². The molecule has 2 aromatic heterocycles. The van der Waals surface area contributed by atoms with Gasteiger partial charge in [-0.05, 0) is 48.9 Å². The highest BCUT2D eigenvalue weighted by atomic mass is 19.1. The molecule has 0 saturated heterocycles. The van der Waals surface area contributed by atoms with Gasteiger partial charge in [-0.15, -0.1) is 5.10 Å². The van der Waals surface area contributed by atoms with Crippen LogP contribution in [0.15, 0.2) is 52.9 Å². The fraction of sp³-hybridized carbons (Fsp3) is 0.150. The Labute approximate surface area is 159 Å². The van der Waals surface area contributed by atoms with Crippen LogP contribution in [0.3, 0.4) is 0 Å². The standard InChI is InChI=1S/C20H16F2N4O2/c1-12-17(19(27)25(2)11-13-3-7-15(21)8-4-13)28-20-23-18(24-26(12)20)14-5-9-16(22)10-6-14/h3-10H,11H2,1-2H3. The first kappa shape index (κ1) is 17.8. The number of hydrogen-bond acceptors (Lipinski definition) is 4. The largest absolute Gasteiger partial charge is 0.416 e. The second-order valence-electron chi connectivity index (χ2n) is 6.44. The zero-order valence-corrected chi connectivity index (χ0v) is 15.2. The Hall–Kier alpha value is -3.55. The van der Waals surface area contributed by atoms with Crippen molar-refractivity contribution in [2.75, 3.05) is 7.05 Å². The SMILES string of the molecule is Cc1c(C(=O)N(C)Cc2ccc(F)cc2)oc2nc(-c3ccc(F)cc3)nn12. The fourth-order valence-electron chi connectivity index (χ4n) is 2.87. The minimum Gasteiger partial charge on any atom is -0.416 e. The van der Waals surface area contributed by atoms with Crippen LogP contribution in [-0.4, -0.2) is 32.5 Å². The van der Waals surface area contributed by atoms with E-state index in [4.69, 9.17) is 4.42 Å². The third kappa shape index (κ3) is 3.24. The first-order valence-corrected chi connectivity index (χ1v) is 8.54. The summed E-state index contributed by atoms with van der Waals surface area (Å²) in [6, 6.07) is 11.7. The molecule has 142 valence electrons. The molecule has 0 spiro atoms. The van der Waals surface area contributed by atoms with Crippen LogP contribution in [0.5, 0.6) is 0 Å². The summed E-state index contributed by atoms with van der Waals surface area (Å²) < 4.78 is 33.2. The lowest BCUT2D eigenvalue weighted by Crippen LogP contribution is -2.26. The van der Waals surface area contributed by atoms with Crippen LogP contribution in [0.2, 0.25) is 0 Å². The highest BCUT2D eigenvalue weighted by Crippen LogP contribution is 2.22. The molecule has 1 amide bonds. The van der Waals surface area contributed by atoms with Gasteiger partial charge in [0.2, 0.25) is 5.76 Å². The topological polar surface area (TPSA) is 63.6 Å². The number of nitrogens with zero attached hydrogens (tertiary/aromatic N) is 4. The Kier molecular flexibility index (Phi) is 4.38. The molecule has 28 heavy (non-hydrogen) atoms. The number of amides is 1. The average molecular weight is 382 g/mol. The van der Waals surface area contributed by atoms with E-state index in [0.717, 1.165) is 5.56 Å². The second-order valence-corrected chi connectivity index (χ2v) is 6.44. The van der Waals surface area contributed by atoms with Crippen LogP contribution in [-0.2, 0) is 6.54 Å². The number of aromatic nitrogens is 3. The second kappa shape index (κ2) is 6.88. The van der Waals surface area contributed by atoms with Gasteiger partial charge >= 0.3 is 5.84 Å². The smallest absolute Gasteiger partial charge is 0.325 e. The monoisotopic (exact) mass is 382 g/mol. The van der Waals surface area contributed by atoms with Crippen LogP contribution in [0.25, 0.3) is 17.2 Å². The van der Waals surface area contributed by atoms with Gasteiger partial charge < -0.3 is 9.32 Å². The Bertz CT molecular complexity index is 1150. The number of aryl methyl sites for hydroxylation is 1. The molecule has 0 unspecified atom stereocenters. The van der Waals surface area contributed by atoms with E-state index in [1.807, 2.05) is 0 Å². The van der Waals surface area contributed by atoms with Gasteiger partial charge in [-0.25, -0.2) is 8.78 Å². The van der Waals surface area contributed by atoms with E-state index in [9.17, 15) is 13.6 Å². The first-order valence-electron chi connectivity index (χ1n) is 8.54. The van der Waals surface area contributed by atoms with Gasteiger partial charge in [0.05, 0.1) is 5.69 Å². The van der Waals surface area contributed by atoms with E-state index >= 15 is 0 Å². The number of halogens is 2. The van der Waals surface area contributed by atoms with Crippen LogP contribution in [0, 0.1) is 18.6 Å². The number of hydrogen-bond donors (Lipinski definition) is 0. The summed E-state index contributed by atoms with van der Waals surface area (Å²) in [4.78, 5) is 18.5. The normalized spacial score (nSPS) is 11.1. The summed E-state index contributed by atoms with van der Waals surface area (Å²) in [5, 5.41) is 4.35. The molecule has 0 aliphatic rings. The molecule has 2 heterocycles. The maximum Gasteiger partial charge on any atom is 0.325 e. The van der Waals surface area contributed by atoms with Gasteiger partial charge in [0.25, 0.3) is 5.91 Å². The zero-order chi connectivity index (χ0) is 19.8. The van der Waals surface area contributed by atoms with Crippen LogP contribution >= 0.6 is 0 Å². The van der Waals surface area contributed by atoms with Crippen molar-refractivity contribution in [3.05, 3.63) is 77.2 Å². The maximum atomic E-state index is 13.1. The molecule has 0 bridgehead atoms. The quantitative estimate of drug-likeness (QED) is 0.538. The van der Waals surface area contributed by atoms with E-state index in [0.29, 0.717) is 23.6 Å². The van der Waals surface area contributed by atoms with E-state index in [1.54, 1.807) is 38.2 Å². The van der Waals surface area contributed by atoms with Crippen molar-refractivity contribution >= 4 is 11.8 Å². The molecule has 8 heteroatoms. The number of rotatable bonds is 4. The zero-order valence-electron chi connectivity index (χ0n) is 15.2. The van der Waals surface area contributed by atoms with E-state index < -0.39 is 0 Å².